The van der Waals surface area contributed by atoms with E-state index in [9.17, 15) is 13.6 Å². The summed E-state index contributed by atoms with van der Waals surface area (Å²) in [5, 5.41) is 2.63. The van der Waals surface area contributed by atoms with Gasteiger partial charge in [-0.2, -0.15) is 8.78 Å². The molecule has 8 heteroatoms. The van der Waals surface area contributed by atoms with Crippen molar-refractivity contribution >= 4 is 23.4 Å². The number of hydrogen-bond donors (Lipinski definition) is 1. The van der Waals surface area contributed by atoms with Gasteiger partial charge in [0, 0.05) is 49.8 Å². The Morgan fingerprint density at radius 2 is 2.08 bits per heavy atom. The van der Waals surface area contributed by atoms with Crippen LogP contribution >= 0.6 is 0 Å². The number of carbonyl (C=O) groups excluding carboxylic acids is 1. The molecule has 0 radical (unpaired) electrons. The normalized spacial score (nSPS) is 15.8. The van der Waals surface area contributed by atoms with Crippen LogP contribution in [0, 0.1) is 0 Å². The Kier molecular flexibility index (Phi) is 3.93. The van der Waals surface area contributed by atoms with E-state index in [1.165, 1.54) is 19.2 Å². The maximum Gasteiger partial charge on any atom is 0.287 e. The van der Waals surface area contributed by atoms with Crippen molar-refractivity contribution in [3.05, 3.63) is 35.8 Å². The summed E-state index contributed by atoms with van der Waals surface area (Å²) in [6.07, 6.45) is 3.02. The smallest absolute Gasteiger partial charge is 0.287 e. The van der Waals surface area contributed by atoms with Gasteiger partial charge in [0.25, 0.3) is 5.92 Å². The van der Waals surface area contributed by atoms with Crippen LogP contribution < -0.4 is 10.2 Å². The van der Waals surface area contributed by atoms with Gasteiger partial charge in [-0.15, -0.1) is 0 Å². The Morgan fingerprint density at radius 1 is 1.36 bits per heavy atom. The number of halogens is 2. The van der Waals surface area contributed by atoms with Gasteiger partial charge in [0.1, 0.15) is 11.5 Å². The first-order valence-electron chi connectivity index (χ1n) is 7.85. The Bertz CT molecular complexity index is 832. The maximum atomic E-state index is 13.6. The molecule has 0 aliphatic carbocycles. The van der Waals surface area contributed by atoms with Crippen molar-refractivity contribution in [2.24, 2.45) is 0 Å². The van der Waals surface area contributed by atoms with Crippen molar-refractivity contribution in [3.8, 4) is 0 Å². The fourth-order valence-electron chi connectivity index (χ4n) is 2.91. The molecule has 0 saturated heterocycles. The summed E-state index contributed by atoms with van der Waals surface area (Å²) in [5.74, 6) is -2.69. The summed E-state index contributed by atoms with van der Waals surface area (Å²) < 4.78 is 27.2. The van der Waals surface area contributed by atoms with Gasteiger partial charge in [-0.25, -0.2) is 15.0 Å². The molecule has 0 aromatic carbocycles. The number of nitrogens with zero attached hydrogens (tertiary/aromatic N) is 4. The van der Waals surface area contributed by atoms with Crippen molar-refractivity contribution in [1.82, 2.24) is 15.0 Å². The van der Waals surface area contributed by atoms with Crippen molar-refractivity contribution in [2.75, 3.05) is 16.8 Å². The first kappa shape index (κ1) is 17.2. The number of anilines is 3. The Labute approximate surface area is 144 Å². The monoisotopic (exact) mass is 347 g/mol. The molecule has 1 aliphatic rings. The van der Waals surface area contributed by atoms with E-state index in [-0.39, 0.29) is 23.0 Å². The van der Waals surface area contributed by atoms with Gasteiger partial charge in [0.05, 0.1) is 5.69 Å². The number of amides is 1. The zero-order valence-electron chi connectivity index (χ0n) is 14.5. The third kappa shape index (κ3) is 3.29. The largest absolute Gasteiger partial charge is 0.311 e. The van der Waals surface area contributed by atoms with Gasteiger partial charge < -0.3 is 10.2 Å². The highest BCUT2D eigenvalue weighted by atomic mass is 19.3. The van der Waals surface area contributed by atoms with E-state index in [4.69, 9.17) is 0 Å². The van der Waals surface area contributed by atoms with E-state index in [0.29, 0.717) is 12.4 Å². The zero-order valence-corrected chi connectivity index (χ0v) is 14.5. The third-order valence-corrected chi connectivity index (χ3v) is 4.09. The summed E-state index contributed by atoms with van der Waals surface area (Å²) in [6.45, 7) is 6.78. The molecule has 132 valence electrons. The summed E-state index contributed by atoms with van der Waals surface area (Å²) in [6, 6.07) is 2.92. The molecule has 3 heterocycles. The topological polar surface area (TPSA) is 71.0 Å². The van der Waals surface area contributed by atoms with Crippen LogP contribution in [0.1, 0.15) is 39.0 Å². The number of pyridine rings is 1. The van der Waals surface area contributed by atoms with Crippen molar-refractivity contribution in [2.45, 2.75) is 39.0 Å². The second-order valence-electron chi connectivity index (χ2n) is 6.87. The number of alkyl halides is 2. The summed E-state index contributed by atoms with van der Waals surface area (Å²) in [4.78, 5) is 25.5. The van der Waals surface area contributed by atoms with Gasteiger partial charge in [-0.1, -0.05) is 13.8 Å². The second kappa shape index (κ2) is 5.72. The molecular weight excluding hydrogens is 328 g/mol. The number of nitrogens with one attached hydrogen (secondary N) is 1. The predicted octanol–water partition coefficient (Wildman–Crippen LogP) is 3.37. The highest BCUT2D eigenvalue weighted by Crippen LogP contribution is 2.44. The molecular formula is C17H19F2N5O. The lowest BCUT2D eigenvalue weighted by molar-refractivity contribution is -0.114. The minimum absolute atomic E-state index is 0.200. The van der Waals surface area contributed by atoms with E-state index in [2.05, 4.69) is 20.3 Å². The molecule has 2 aromatic heterocycles. The minimum atomic E-state index is -3.05. The minimum Gasteiger partial charge on any atom is -0.311 e. The van der Waals surface area contributed by atoms with E-state index < -0.39 is 5.92 Å². The van der Waals surface area contributed by atoms with Gasteiger partial charge in [-0.3, -0.25) is 4.79 Å². The lowest BCUT2D eigenvalue weighted by atomic mass is 9.88. The quantitative estimate of drug-likeness (QED) is 0.922. The molecule has 1 N–H and O–H groups in total. The Hall–Kier alpha value is -2.64. The van der Waals surface area contributed by atoms with Crippen LogP contribution in [0.2, 0.25) is 0 Å². The lowest BCUT2D eigenvalue weighted by Crippen LogP contribution is -2.26. The average molecular weight is 347 g/mol. The summed E-state index contributed by atoms with van der Waals surface area (Å²) in [7, 11) is 0. The van der Waals surface area contributed by atoms with Crippen LogP contribution in [0.3, 0.4) is 0 Å². The lowest BCUT2D eigenvalue weighted by Gasteiger charge is -2.21. The summed E-state index contributed by atoms with van der Waals surface area (Å²) >= 11 is 0. The molecule has 0 atom stereocenters. The molecule has 0 saturated carbocycles. The number of hydrogen-bond acceptors (Lipinski definition) is 5. The van der Waals surface area contributed by atoms with Crippen molar-refractivity contribution in [1.29, 1.82) is 0 Å². The molecule has 1 amide bonds. The molecule has 1 aliphatic heterocycles. The highest BCUT2D eigenvalue weighted by molar-refractivity contribution is 5.88. The molecule has 0 spiro atoms. The number of rotatable bonds is 3. The van der Waals surface area contributed by atoms with E-state index in [1.807, 2.05) is 13.8 Å². The van der Waals surface area contributed by atoms with Crippen LogP contribution in [0.15, 0.2) is 24.5 Å². The first-order valence-corrected chi connectivity index (χ1v) is 7.85. The van der Waals surface area contributed by atoms with Gasteiger partial charge in [-0.05, 0) is 6.07 Å². The fraction of sp³-hybridized carbons (Fsp3) is 0.412. The average Bonchev–Trinajstić information content (AvgIpc) is 2.77. The maximum absolute atomic E-state index is 13.6. The number of aromatic nitrogens is 3. The standard InChI is InChI=1S/C17H19F2N5O/c1-10(25)22-14-7-12-11(8-21-14)16(2,3)9-24(12)15-20-6-5-13(23-15)17(4,18)19/h5-8H,9H2,1-4H3,(H,21,22,25). The molecule has 25 heavy (non-hydrogen) atoms. The molecule has 3 rings (SSSR count). The predicted molar refractivity (Wildman–Crippen MR) is 90.2 cm³/mol. The van der Waals surface area contributed by atoms with Crippen LogP contribution in [0.5, 0.6) is 0 Å². The zero-order chi connectivity index (χ0) is 18.4. The van der Waals surface area contributed by atoms with E-state index in [0.717, 1.165) is 18.2 Å². The van der Waals surface area contributed by atoms with Crippen molar-refractivity contribution < 1.29 is 13.6 Å². The highest BCUT2D eigenvalue weighted by Gasteiger charge is 2.38. The van der Waals surface area contributed by atoms with Gasteiger partial charge in [0.2, 0.25) is 11.9 Å². The second-order valence-corrected chi connectivity index (χ2v) is 6.87. The molecule has 0 unspecified atom stereocenters. The first-order chi connectivity index (χ1) is 11.6. The molecule has 0 fully saturated rings. The van der Waals surface area contributed by atoms with Crippen LogP contribution in [0.4, 0.5) is 26.2 Å². The number of fused-ring (bicyclic) bond motifs is 1. The van der Waals surface area contributed by atoms with Gasteiger partial charge in [0.15, 0.2) is 0 Å². The number of carbonyl (C=O) groups is 1. The molecule has 6 nitrogen and oxygen atoms in total. The SMILES string of the molecule is CC(=O)Nc1cc2c(cn1)C(C)(C)CN2c1nccc(C(C)(F)F)n1. The van der Waals surface area contributed by atoms with Crippen LogP contribution in [0.25, 0.3) is 0 Å². The van der Waals surface area contributed by atoms with Crippen LogP contribution in [-0.2, 0) is 16.1 Å². The molecule has 0 bridgehead atoms. The van der Waals surface area contributed by atoms with Crippen molar-refractivity contribution in [3.63, 3.8) is 0 Å². The fourth-order valence-corrected chi connectivity index (χ4v) is 2.91. The van der Waals surface area contributed by atoms with E-state index >= 15 is 0 Å². The Balaban J connectivity index is 2.07. The molecule has 2 aromatic rings. The third-order valence-electron chi connectivity index (χ3n) is 4.09. The summed E-state index contributed by atoms with van der Waals surface area (Å²) in [5.41, 5.74) is 1.10. The van der Waals surface area contributed by atoms with Crippen LogP contribution in [-0.4, -0.2) is 27.4 Å². The Morgan fingerprint density at radius 3 is 2.72 bits per heavy atom. The van der Waals surface area contributed by atoms with E-state index in [1.54, 1.807) is 17.2 Å². The van der Waals surface area contributed by atoms with Gasteiger partial charge >= 0.3 is 0 Å².